The number of nitrogens with zero attached hydrogens (tertiary/aromatic N) is 1. The van der Waals surface area contributed by atoms with Crippen LogP contribution < -0.4 is 11.1 Å². The first-order valence-electron chi connectivity index (χ1n) is 6.50. The van der Waals surface area contributed by atoms with E-state index >= 15 is 0 Å². The highest BCUT2D eigenvalue weighted by atomic mass is 79.9. The highest BCUT2D eigenvalue weighted by Gasteiger charge is 2.27. The van der Waals surface area contributed by atoms with Crippen molar-refractivity contribution < 1.29 is 13.2 Å². The highest BCUT2D eigenvalue weighted by molar-refractivity contribution is 9.10. The quantitative estimate of drug-likeness (QED) is 0.734. The van der Waals surface area contributed by atoms with Crippen LogP contribution in [-0.4, -0.2) is 38.8 Å². The number of aryl methyl sites for hydroxylation is 1. The van der Waals surface area contributed by atoms with E-state index in [2.05, 4.69) is 21.2 Å². The van der Waals surface area contributed by atoms with Gasteiger partial charge in [-0.05, 0) is 47.0 Å². The minimum atomic E-state index is -3.77. The molecule has 3 N–H and O–H groups in total. The average molecular weight is 378 g/mol. The van der Waals surface area contributed by atoms with Crippen molar-refractivity contribution >= 4 is 37.5 Å². The Morgan fingerprint density at radius 2 is 2.05 bits per heavy atom. The van der Waals surface area contributed by atoms with Crippen molar-refractivity contribution in [1.82, 2.24) is 9.62 Å². The summed E-state index contributed by atoms with van der Waals surface area (Å²) in [5.74, 6) is -0.352. The molecule has 0 saturated carbocycles. The van der Waals surface area contributed by atoms with Crippen LogP contribution in [0.25, 0.3) is 0 Å². The lowest BCUT2D eigenvalue weighted by Crippen LogP contribution is -2.40. The van der Waals surface area contributed by atoms with E-state index < -0.39 is 10.0 Å². The maximum absolute atomic E-state index is 12.7. The average Bonchev–Trinajstić information content (AvgIpc) is 2.41. The lowest BCUT2D eigenvalue weighted by molar-refractivity contribution is -0.120. The summed E-state index contributed by atoms with van der Waals surface area (Å²) in [5.41, 5.74) is 6.70. The van der Waals surface area contributed by atoms with Crippen LogP contribution in [-0.2, 0) is 14.8 Å². The van der Waals surface area contributed by atoms with Crippen LogP contribution in [0.15, 0.2) is 21.5 Å². The van der Waals surface area contributed by atoms with Crippen molar-refractivity contribution in [3.8, 4) is 0 Å². The summed E-state index contributed by atoms with van der Waals surface area (Å²) in [7, 11) is -2.29. The number of hydrogen-bond acceptors (Lipinski definition) is 4. The first kappa shape index (κ1) is 17.9. The van der Waals surface area contributed by atoms with Gasteiger partial charge in [0, 0.05) is 23.8 Å². The van der Waals surface area contributed by atoms with Crippen LogP contribution in [0, 0.1) is 6.92 Å². The first-order chi connectivity index (χ1) is 9.73. The number of anilines is 1. The Bertz CT molecular complexity index is 632. The van der Waals surface area contributed by atoms with E-state index in [0.29, 0.717) is 22.1 Å². The fraction of sp³-hybridized carbons (Fsp3) is 0.462. The largest absolute Gasteiger partial charge is 0.398 e. The second kappa shape index (κ2) is 7.24. The standard InChI is InChI=1S/C13H20BrN3O3S/c1-4-5-17(8-13(18)16-3)21(19,20)12-7-11(15)10(14)6-9(12)2/h6-7H,4-5,8,15H2,1-3H3,(H,16,18). The van der Waals surface area contributed by atoms with Gasteiger partial charge in [0.15, 0.2) is 0 Å². The Hall–Kier alpha value is -1.12. The number of halogens is 1. The highest BCUT2D eigenvalue weighted by Crippen LogP contribution is 2.28. The minimum Gasteiger partial charge on any atom is -0.398 e. The molecule has 1 rings (SSSR count). The molecule has 0 unspecified atom stereocenters. The molecule has 118 valence electrons. The van der Waals surface area contributed by atoms with Crippen LogP contribution in [0.1, 0.15) is 18.9 Å². The van der Waals surface area contributed by atoms with E-state index in [-0.39, 0.29) is 23.9 Å². The predicted octanol–water partition coefficient (Wildman–Crippen LogP) is 1.49. The molecule has 0 aliphatic carbocycles. The summed E-state index contributed by atoms with van der Waals surface area (Å²) >= 11 is 3.27. The molecule has 21 heavy (non-hydrogen) atoms. The number of benzene rings is 1. The lowest BCUT2D eigenvalue weighted by Gasteiger charge is -2.22. The molecule has 0 radical (unpaired) electrons. The van der Waals surface area contributed by atoms with Crippen molar-refractivity contribution in [3.63, 3.8) is 0 Å². The SMILES string of the molecule is CCCN(CC(=O)NC)S(=O)(=O)c1cc(N)c(Br)cc1C. The molecule has 1 aromatic rings. The molecule has 0 saturated heterocycles. The van der Waals surface area contributed by atoms with Gasteiger partial charge in [-0.15, -0.1) is 0 Å². The summed E-state index contributed by atoms with van der Waals surface area (Å²) < 4.78 is 27.3. The van der Waals surface area contributed by atoms with Gasteiger partial charge in [0.2, 0.25) is 15.9 Å². The van der Waals surface area contributed by atoms with Gasteiger partial charge in [0.05, 0.1) is 11.4 Å². The maximum Gasteiger partial charge on any atom is 0.243 e. The molecule has 0 spiro atoms. The number of hydrogen-bond donors (Lipinski definition) is 2. The van der Waals surface area contributed by atoms with Crippen molar-refractivity contribution in [3.05, 3.63) is 22.2 Å². The number of sulfonamides is 1. The fourth-order valence-electron chi connectivity index (χ4n) is 1.86. The number of nitrogens with two attached hydrogens (primary N) is 1. The van der Waals surface area contributed by atoms with E-state index in [9.17, 15) is 13.2 Å². The van der Waals surface area contributed by atoms with Gasteiger partial charge in [-0.25, -0.2) is 8.42 Å². The zero-order valence-corrected chi connectivity index (χ0v) is 14.7. The molecule has 0 aliphatic heterocycles. The van der Waals surface area contributed by atoms with Gasteiger partial charge in [-0.1, -0.05) is 6.92 Å². The zero-order valence-electron chi connectivity index (χ0n) is 12.3. The summed E-state index contributed by atoms with van der Waals surface area (Å²) in [4.78, 5) is 11.7. The molecule has 8 heteroatoms. The van der Waals surface area contributed by atoms with Crippen molar-refractivity contribution in [2.75, 3.05) is 25.9 Å². The van der Waals surface area contributed by atoms with Crippen molar-refractivity contribution in [1.29, 1.82) is 0 Å². The van der Waals surface area contributed by atoms with Crippen LogP contribution in [0.3, 0.4) is 0 Å². The molecule has 0 heterocycles. The number of nitrogen functional groups attached to an aromatic ring is 1. The second-order valence-electron chi connectivity index (χ2n) is 4.65. The third kappa shape index (κ3) is 4.18. The summed E-state index contributed by atoms with van der Waals surface area (Å²) in [6.07, 6.45) is 0.612. The Kier molecular flexibility index (Phi) is 6.18. The topological polar surface area (TPSA) is 92.5 Å². The summed E-state index contributed by atoms with van der Waals surface area (Å²) in [5, 5.41) is 2.44. The Morgan fingerprint density at radius 1 is 1.43 bits per heavy atom. The number of likely N-dealkylation sites (N-methyl/N-ethyl adjacent to an activating group) is 1. The Labute approximate surface area is 133 Å². The van der Waals surface area contributed by atoms with Gasteiger partial charge >= 0.3 is 0 Å². The Morgan fingerprint density at radius 3 is 2.57 bits per heavy atom. The molecule has 1 aromatic carbocycles. The third-order valence-electron chi connectivity index (χ3n) is 2.98. The molecule has 1 amide bonds. The van der Waals surface area contributed by atoms with Gasteiger partial charge in [-0.2, -0.15) is 4.31 Å². The van der Waals surface area contributed by atoms with E-state index in [1.807, 2.05) is 6.92 Å². The van der Waals surface area contributed by atoms with Crippen LogP contribution in [0.5, 0.6) is 0 Å². The summed E-state index contributed by atoms with van der Waals surface area (Å²) in [6.45, 7) is 3.61. The molecule has 0 atom stereocenters. The third-order valence-corrected chi connectivity index (χ3v) is 5.66. The predicted molar refractivity (Wildman–Crippen MR) is 86.4 cm³/mol. The van der Waals surface area contributed by atoms with E-state index in [1.54, 1.807) is 13.0 Å². The zero-order chi connectivity index (χ0) is 16.2. The molecule has 0 aromatic heterocycles. The molecule has 0 bridgehead atoms. The van der Waals surface area contributed by atoms with Gasteiger partial charge in [0.1, 0.15) is 0 Å². The number of nitrogens with one attached hydrogen (secondary N) is 1. The second-order valence-corrected chi connectivity index (χ2v) is 7.41. The number of rotatable bonds is 6. The van der Waals surface area contributed by atoms with E-state index in [4.69, 9.17) is 5.73 Å². The lowest BCUT2D eigenvalue weighted by atomic mass is 10.2. The molecule has 6 nitrogen and oxygen atoms in total. The fourth-order valence-corrected chi connectivity index (χ4v) is 4.05. The number of amides is 1. The van der Waals surface area contributed by atoms with Crippen molar-refractivity contribution in [2.24, 2.45) is 0 Å². The van der Waals surface area contributed by atoms with E-state index in [1.165, 1.54) is 17.4 Å². The van der Waals surface area contributed by atoms with Crippen LogP contribution >= 0.6 is 15.9 Å². The van der Waals surface area contributed by atoms with Crippen LogP contribution in [0.2, 0.25) is 0 Å². The maximum atomic E-state index is 12.7. The normalized spacial score (nSPS) is 11.7. The minimum absolute atomic E-state index is 0.126. The first-order valence-corrected chi connectivity index (χ1v) is 8.73. The Balaban J connectivity index is 3.28. The van der Waals surface area contributed by atoms with Gasteiger partial charge < -0.3 is 11.1 Å². The molecule has 0 fully saturated rings. The molecular formula is C13H20BrN3O3S. The smallest absolute Gasteiger partial charge is 0.243 e. The molecular weight excluding hydrogens is 358 g/mol. The van der Waals surface area contributed by atoms with Crippen LogP contribution in [0.4, 0.5) is 5.69 Å². The summed E-state index contributed by atoms with van der Waals surface area (Å²) in [6, 6.07) is 3.08. The van der Waals surface area contributed by atoms with Crippen molar-refractivity contribution in [2.45, 2.75) is 25.2 Å². The van der Waals surface area contributed by atoms with E-state index in [0.717, 1.165) is 0 Å². The molecule has 0 aliphatic rings. The number of carbonyl (C=O) groups excluding carboxylic acids is 1. The van der Waals surface area contributed by atoms with Gasteiger partial charge in [-0.3, -0.25) is 4.79 Å². The number of carbonyl (C=O) groups is 1. The van der Waals surface area contributed by atoms with Gasteiger partial charge in [0.25, 0.3) is 0 Å². The monoisotopic (exact) mass is 377 g/mol.